The Kier molecular flexibility index (Phi) is 3.26. The molecule has 0 aromatic rings. The van der Waals surface area contributed by atoms with Crippen LogP contribution in [0.15, 0.2) is 35.5 Å². The van der Waals surface area contributed by atoms with E-state index in [0.29, 0.717) is 25.0 Å². The summed E-state index contributed by atoms with van der Waals surface area (Å²) in [4.78, 5) is 37.3. The van der Waals surface area contributed by atoms with Gasteiger partial charge in [0.15, 0.2) is 0 Å². The molecule has 1 unspecified atom stereocenters. The van der Waals surface area contributed by atoms with Crippen molar-refractivity contribution < 1.29 is 14.4 Å². The summed E-state index contributed by atoms with van der Waals surface area (Å²) < 4.78 is 0. The molecule has 20 heavy (non-hydrogen) atoms. The van der Waals surface area contributed by atoms with Gasteiger partial charge in [-0.3, -0.25) is 19.7 Å². The second-order valence-corrected chi connectivity index (χ2v) is 5.19. The molecule has 1 N–H and O–H groups in total. The molecular weight excluding hydrogens is 256 g/mol. The molecule has 0 radical (unpaired) electrons. The average molecular weight is 272 g/mol. The van der Waals surface area contributed by atoms with Crippen molar-refractivity contribution in [2.24, 2.45) is 0 Å². The first-order valence-electron chi connectivity index (χ1n) is 6.87. The number of carbonyl (C=O) groups is 3. The van der Waals surface area contributed by atoms with Crippen LogP contribution in [0.1, 0.15) is 25.7 Å². The van der Waals surface area contributed by atoms with Crippen LogP contribution >= 0.6 is 0 Å². The number of amides is 3. The lowest BCUT2D eigenvalue weighted by atomic mass is 9.93. The molecule has 5 nitrogen and oxygen atoms in total. The third-order valence-electron chi connectivity index (χ3n) is 3.94. The molecule has 1 atom stereocenters. The third kappa shape index (κ3) is 2.19. The number of nitrogens with zero attached hydrogens (tertiary/aromatic N) is 1. The van der Waals surface area contributed by atoms with E-state index < -0.39 is 6.04 Å². The fourth-order valence-corrected chi connectivity index (χ4v) is 2.89. The number of nitrogens with one attached hydrogen (secondary N) is 1. The molecule has 2 fully saturated rings. The van der Waals surface area contributed by atoms with Crippen LogP contribution in [0.3, 0.4) is 0 Å². The minimum Gasteiger partial charge on any atom is -0.326 e. The van der Waals surface area contributed by atoms with E-state index in [1.54, 1.807) is 4.90 Å². The number of piperidine rings is 2. The Morgan fingerprint density at radius 2 is 2.05 bits per heavy atom. The number of carbonyl (C=O) groups excluding carboxylic acids is 3. The summed E-state index contributed by atoms with van der Waals surface area (Å²) in [5.41, 5.74) is 1.73. The van der Waals surface area contributed by atoms with Crippen molar-refractivity contribution in [2.75, 3.05) is 6.54 Å². The molecule has 3 rings (SSSR count). The van der Waals surface area contributed by atoms with Crippen molar-refractivity contribution >= 4 is 17.7 Å². The lowest BCUT2D eigenvalue weighted by molar-refractivity contribution is -0.144. The van der Waals surface area contributed by atoms with Gasteiger partial charge in [0.1, 0.15) is 6.04 Å². The quantitative estimate of drug-likeness (QED) is 0.719. The maximum absolute atomic E-state index is 12.6. The molecule has 3 aliphatic rings. The molecule has 1 aliphatic carbocycles. The van der Waals surface area contributed by atoms with E-state index in [2.05, 4.69) is 11.4 Å². The van der Waals surface area contributed by atoms with Gasteiger partial charge in [0, 0.05) is 18.5 Å². The van der Waals surface area contributed by atoms with Gasteiger partial charge in [0.25, 0.3) is 5.91 Å². The first kappa shape index (κ1) is 12.8. The molecule has 104 valence electrons. The molecule has 3 amide bonds. The van der Waals surface area contributed by atoms with Crippen LogP contribution in [-0.2, 0) is 14.4 Å². The highest BCUT2D eigenvalue weighted by atomic mass is 16.2. The maximum atomic E-state index is 12.6. The first-order valence-corrected chi connectivity index (χ1v) is 6.87. The smallest absolute Gasteiger partial charge is 0.254 e. The Morgan fingerprint density at radius 3 is 2.85 bits per heavy atom. The second kappa shape index (κ2) is 5.07. The average Bonchev–Trinajstić information content (AvgIpc) is 2.66. The highest BCUT2D eigenvalue weighted by molar-refractivity contribution is 6.05. The van der Waals surface area contributed by atoms with E-state index >= 15 is 0 Å². The van der Waals surface area contributed by atoms with Gasteiger partial charge >= 0.3 is 0 Å². The molecule has 0 aromatic heterocycles. The molecular formula is C15H16N2O3. The molecule has 0 aromatic carbocycles. The van der Waals surface area contributed by atoms with E-state index in [1.165, 1.54) is 0 Å². The number of hydrogen-bond donors (Lipinski definition) is 1. The van der Waals surface area contributed by atoms with Crippen LogP contribution < -0.4 is 5.32 Å². The van der Waals surface area contributed by atoms with Crippen molar-refractivity contribution in [3.05, 3.63) is 35.5 Å². The van der Waals surface area contributed by atoms with Crippen molar-refractivity contribution in [1.82, 2.24) is 10.2 Å². The largest absolute Gasteiger partial charge is 0.326 e. The number of rotatable bonds is 1. The normalized spacial score (nSPS) is 26.5. The van der Waals surface area contributed by atoms with Crippen LogP contribution in [0, 0.1) is 0 Å². The molecule has 2 heterocycles. The Bertz CT molecular complexity index is 572. The van der Waals surface area contributed by atoms with Crippen LogP contribution in [0.4, 0.5) is 0 Å². The Morgan fingerprint density at radius 1 is 1.20 bits per heavy atom. The molecule has 2 aliphatic heterocycles. The van der Waals surface area contributed by atoms with Crippen LogP contribution in [0.25, 0.3) is 0 Å². The van der Waals surface area contributed by atoms with Gasteiger partial charge in [-0.25, -0.2) is 0 Å². The maximum Gasteiger partial charge on any atom is 0.254 e. The minimum atomic E-state index is -0.519. The van der Waals surface area contributed by atoms with Crippen LogP contribution in [0.2, 0.25) is 0 Å². The second-order valence-electron chi connectivity index (χ2n) is 5.19. The highest BCUT2D eigenvalue weighted by Gasteiger charge is 2.38. The number of allylic oxidation sites excluding steroid dienone is 4. The lowest BCUT2D eigenvalue weighted by Crippen LogP contribution is -2.56. The molecule has 5 heteroatoms. The van der Waals surface area contributed by atoms with E-state index in [4.69, 9.17) is 0 Å². The van der Waals surface area contributed by atoms with E-state index in [9.17, 15) is 14.4 Å². The summed E-state index contributed by atoms with van der Waals surface area (Å²) in [5, 5.41) is 2.31. The zero-order valence-electron chi connectivity index (χ0n) is 11.1. The first-order chi connectivity index (χ1) is 9.66. The molecule has 0 saturated carbocycles. The fourth-order valence-electron chi connectivity index (χ4n) is 2.89. The third-order valence-corrected chi connectivity index (χ3v) is 3.94. The van der Waals surface area contributed by atoms with Gasteiger partial charge in [0.2, 0.25) is 11.8 Å². The Balaban J connectivity index is 1.84. The highest BCUT2D eigenvalue weighted by Crippen LogP contribution is 2.28. The summed E-state index contributed by atoms with van der Waals surface area (Å²) in [6.45, 7) is 0.536. The number of hydrogen-bond acceptors (Lipinski definition) is 3. The van der Waals surface area contributed by atoms with Crippen LogP contribution in [-0.4, -0.2) is 35.2 Å². The standard InChI is InChI=1S/C15H16N2O3/c18-13-7-6-12(14(19)16-13)17-9-8-10-4-2-1-3-5-11(10)15(17)20/h1,3-5,12H,2,6-9H2,(H,16,18,19). The van der Waals surface area contributed by atoms with Crippen molar-refractivity contribution in [1.29, 1.82) is 0 Å². The van der Waals surface area contributed by atoms with Gasteiger partial charge in [0.05, 0.1) is 0 Å². The molecule has 2 saturated heterocycles. The monoisotopic (exact) mass is 272 g/mol. The van der Waals surface area contributed by atoms with Gasteiger partial charge in [-0.05, 0) is 30.9 Å². The topological polar surface area (TPSA) is 66.5 Å². The van der Waals surface area contributed by atoms with Crippen molar-refractivity contribution in [2.45, 2.75) is 31.7 Å². The van der Waals surface area contributed by atoms with Gasteiger partial charge in [-0.2, -0.15) is 0 Å². The fraction of sp³-hybridized carbons (Fsp3) is 0.400. The van der Waals surface area contributed by atoms with Crippen molar-refractivity contribution in [3.63, 3.8) is 0 Å². The van der Waals surface area contributed by atoms with Crippen LogP contribution in [0.5, 0.6) is 0 Å². The predicted octanol–water partition coefficient (Wildman–Crippen LogP) is 0.837. The van der Waals surface area contributed by atoms with E-state index in [0.717, 1.165) is 18.4 Å². The van der Waals surface area contributed by atoms with Gasteiger partial charge < -0.3 is 4.90 Å². The SMILES string of the molecule is O=C1CCC(N2CCC3=CCC=CC=C3C2=O)C(=O)N1. The van der Waals surface area contributed by atoms with E-state index in [1.807, 2.05) is 18.2 Å². The zero-order chi connectivity index (χ0) is 14.1. The summed E-state index contributed by atoms with van der Waals surface area (Å²) >= 11 is 0. The number of fused-ring (bicyclic) bond motifs is 1. The van der Waals surface area contributed by atoms with E-state index in [-0.39, 0.29) is 17.7 Å². The zero-order valence-corrected chi connectivity index (χ0v) is 11.1. The number of imide groups is 1. The van der Waals surface area contributed by atoms with Crippen molar-refractivity contribution in [3.8, 4) is 0 Å². The van der Waals surface area contributed by atoms with Gasteiger partial charge in [-0.1, -0.05) is 18.2 Å². The Hall–Kier alpha value is -2.17. The summed E-state index contributed by atoms with van der Waals surface area (Å²) in [6.07, 6.45) is 10.1. The molecule has 0 spiro atoms. The minimum absolute atomic E-state index is 0.108. The summed E-state index contributed by atoms with van der Waals surface area (Å²) in [6, 6.07) is -0.519. The Labute approximate surface area is 117 Å². The lowest BCUT2D eigenvalue weighted by Gasteiger charge is -2.37. The predicted molar refractivity (Wildman–Crippen MR) is 72.4 cm³/mol. The summed E-state index contributed by atoms with van der Waals surface area (Å²) in [5.74, 6) is -0.719. The van der Waals surface area contributed by atoms with Gasteiger partial charge in [-0.15, -0.1) is 0 Å². The number of likely N-dealkylation sites (tertiary alicyclic amines) is 1. The molecule has 0 bridgehead atoms. The summed E-state index contributed by atoms with van der Waals surface area (Å²) in [7, 11) is 0.